The minimum atomic E-state index is -0.782. The number of carbonyl (C=O) groups excluding carboxylic acids is 2. The normalized spacial score (nSPS) is 13.5. The topological polar surface area (TPSA) is 68.5 Å². The van der Waals surface area contributed by atoms with E-state index in [0.717, 1.165) is 19.3 Å². The molecular formula is C24H29NO4. The average Bonchev–Trinajstić information content (AvgIpc) is 3.14. The molecule has 5 heteroatoms. The maximum atomic E-state index is 11.6. The number of amides is 1. The van der Waals surface area contributed by atoms with Crippen molar-refractivity contribution in [1.82, 2.24) is 5.32 Å². The van der Waals surface area contributed by atoms with E-state index in [2.05, 4.69) is 29.3 Å². The molecule has 0 aliphatic rings. The number of esters is 1. The van der Waals surface area contributed by atoms with Crippen LogP contribution in [0.15, 0.2) is 46.9 Å². The second-order valence-electron chi connectivity index (χ2n) is 7.28. The summed E-state index contributed by atoms with van der Waals surface area (Å²) in [6.45, 7) is 6.53. The number of furan rings is 1. The number of hydrogen-bond donors (Lipinski definition) is 1. The number of carbonyl (C=O) groups is 2. The first-order valence-corrected chi connectivity index (χ1v) is 9.92. The van der Waals surface area contributed by atoms with Gasteiger partial charge in [0.05, 0.1) is 5.54 Å². The zero-order chi connectivity index (χ0) is 21.3. The van der Waals surface area contributed by atoms with Crippen molar-refractivity contribution >= 4 is 11.9 Å². The second kappa shape index (κ2) is 10.5. The van der Waals surface area contributed by atoms with Crippen LogP contribution in [0.2, 0.25) is 0 Å². The van der Waals surface area contributed by atoms with Crippen LogP contribution >= 0.6 is 0 Å². The predicted octanol–water partition coefficient (Wildman–Crippen LogP) is 4.56. The Morgan fingerprint density at radius 2 is 1.90 bits per heavy atom. The number of ether oxygens (including phenoxy) is 1. The van der Waals surface area contributed by atoms with Gasteiger partial charge in [-0.1, -0.05) is 43.2 Å². The maximum Gasteiger partial charge on any atom is 0.303 e. The minimum absolute atomic E-state index is 0.198. The summed E-state index contributed by atoms with van der Waals surface area (Å²) in [5.74, 6) is 6.49. The van der Waals surface area contributed by atoms with Gasteiger partial charge in [-0.05, 0) is 49.8 Å². The molecular weight excluding hydrogens is 366 g/mol. The fourth-order valence-corrected chi connectivity index (χ4v) is 3.15. The summed E-state index contributed by atoms with van der Waals surface area (Å²) in [5, 5.41) is 2.88. The van der Waals surface area contributed by atoms with Crippen molar-refractivity contribution in [3.05, 3.63) is 59.5 Å². The molecule has 0 saturated heterocycles. The first kappa shape index (κ1) is 22.3. The predicted molar refractivity (Wildman–Crippen MR) is 112 cm³/mol. The van der Waals surface area contributed by atoms with Gasteiger partial charge in [-0.3, -0.25) is 9.59 Å². The molecule has 0 radical (unpaired) electrons. The van der Waals surface area contributed by atoms with Gasteiger partial charge < -0.3 is 14.5 Å². The van der Waals surface area contributed by atoms with Crippen LogP contribution in [-0.4, -0.2) is 17.4 Å². The zero-order valence-electron chi connectivity index (χ0n) is 17.6. The van der Waals surface area contributed by atoms with Crippen LogP contribution in [0, 0.1) is 11.8 Å². The average molecular weight is 395 g/mol. The summed E-state index contributed by atoms with van der Waals surface area (Å²) in [4.78, 5) is 23.3. The third-order valence-electron chi connectivity index (χ3n) is 4.77. The molecule has 1 unspecified atom stereocenters. The molecule has 1 aromatic heterocycles. The lowest BCUT2D eigenvalue weighted by Crippen LogP contribution is -2.50. The van der Waals surface area contributed by atoms with Gasteiger partial charge in [0.2, 0.25) is 5.91 Å². The van der Waals surface area contributed by atoms with Crippen LogP contribution in [0.1, 0.15) is 70.1 Å². The number of rotatable bonds is 8. The number of hydrogen-bond acceptors (Lipinski definition) is 4. The molecule has 0 aliphatic carbocycles. The van der Waals surface area contributed by atoms with Crippen LogP contribution in [0.25, 0.3) is 0 Å². The van der Waals surface area contributed by atoms with Gasteiger partial charge in [0.25, 0.3) is 0 Å². The summed E-state index contributed by atoms with van der Waals surface area (Å²) < 4.78 is 11.3. The highest BCUT2D eigenvalue weighted by molar-refractivity contribution is 5.74. The smallest absolute Gasteiger partial charge is 0.303 e. The van der Waals surface area contributed by atoms with Crippen molar-refractivity contribution in [3.63, 3.8) is 0 Å². The van der Waals surface area contributed by atoms with Gasteiger partial charge in [0.15, 0.2) is 11.9 Å². The van der Waals surface area contributed by atoms with E-state index >= 15 is 0 Å². The van der Waals surface area contributed by atoms with Crippen molar-refractivity contribution < 1.29 is 18.7 Å². The molecule has 0 bridgehead atoms. The molecule has 1 heterocycles. The highest BCUT2D eigenvalue weighted by Gasteiger charge is 2.39. The Bertz CT molecular complexity index is 875. The Hall–Kier alpha value is -3.00. The van der Waals surface area contributed by atoms with E-state index in [9.17, 15) is 9.59 Å². The molecule has 1 amide bonds. The van der Waals surface area contributed by atoms with Gasteiger partial charge in [-0.25, -0.2) is 0 Å². The minimum Gasteiger partial charge on any atom is -0.452 e. The first-order valence-electron chi connectivity index (χ1n) is 9.92. The Balaban J connectivity index is 2.06. The molecule has 0 aliphatic heterocycles. The van der Waals surface area contributed by atoms with E-state index < -0.39 is 17.6 Å². The van der Waals surface area contributed by atoms with E-state index in [-0.39, 0.29) is 5.91 Å². The lowest BCUT2D eigenvalue weighted by molar-refractivity contribution is -0.154. The van der Waals surface area contributed by atoms with E-state index in [1.165, 1.54) is 19.4 Å². The molecule has 0 saturated carbocycles. The maximum absolute atomic E-state index is 11.6. The highest BCUT2D eigenvalue weighted by Crippen LogP contribution is 2.33. The van der Waals surface area contributed by atoms with Crippen LogP contribution in [0.4, 0.5) is 0 Å². The van der Waals surface area contributed by atoms with Crippen LogP contribution in [-0.2, 0) is 20.7 Å². The molecule has 5 nitrogen and oxygen atoms in total. The van der Waals surface area contributed by atoms with Crippen LogP contribution < -0.4 is 5.32 Å². The van der Waals surface area contributed by atoms with Crippen LogP contribution in [0.3, 0.4) is 0 Å². The van der Waals surface area contributed by atoms with E-state index in [1.54, 1.807) is 12.1 Å². The lowest BCUT2D eigenvalue weighted by atomic mass is 9.89. The fourth-order valence-electron chi connectivity index (χ4n) is 3.15. The summed E-state index contributed by atoms with van der Waals surface area (Å²) in [7, 11) is 0. The summed E-state index contributed by atoms with van der Waals surface area (Å²) in [6, 6.07) is 13.8. The van der Waals surface area contributed by atoms with Crippen molar-refractivity contribution in [3.8, 4) is 11.8 Å². The van der Waals surface area contributed by atoms with Crippen molar-refractivity contribution in [1.29, 1.82) is 0 Å². The molecule has 0 spiro atoms. The number of aryl methyl sites for hydroxylation is 1. The van der Waals surface area contributed by atoms with Gasteiger partial charge in [-0.2, -0.15) is 0 Å². The highest BCUT2D eigenvalue weighted by atomic mass is 16.6. The molecule has 2 aromatic rings. The number of unbranched alkanes of at least 4 members (excludes halogenated alkanes) is 1. The third-order valence-corrected chi connectivity index (χ3v) is 4.77. The standard InChI is InChI=1S/C24H29NO4/c1-5-24(4,25-18(2)26)23(28-19(3)27)22-17-16-21(29-22)15-11-7-10-14-20-12-8-6-9-13-20/h6,8-9,12-13,16-17,23H,5,7,10,14H2,1-4H3,(H,25,26)/t23?,24-/m1/s1. The van der Waals surface area contributed by atoms with Crippen molar-refractivity contribution in [2.75, 3.05) is 0 Å². The zero-order valence-corrected chi connectivity index (χ0v) is 17.6. The van der Waals surface area contributed by atoms with E-state index in [1.807, 2.05) is 32.0 Å². The molecule has 1 aromatic carbocycles. The molecule has 154 valence electrons. The molecule has 2 atom stereocenters. The quantitative estimate of drug-likeness (QED) is 0.404. The van der Waals surface area contributed by atoms with Crippen molar-refractivity contribution in [2.45, 2.75) is 65.0 Å². The Morgan fingerprint density at radius 3 is 2.52 bits per heavy atom. The SMILES string of the molecule is CC[C@@](C)(NC(C)=O)C(OC(C)=O)c1ccc(C#CCCCc2ccccc2)o1. The molecule has 2 rings (SSSR count). The largest absolute Gasteiger partial charge is 0.452 e. The Kier molecular flexibility index (Phi) is 8.09. The van der Waals surface area contributed by atoms with Crippen LogP contribution in [0.5, 0.6) is 0 Å². The first-order chi connectivity index (χ1) is 13.8. The Morgan fingerprint density at radius 1 is 1.17 bits per heavy atom. The van der Waals surface area contributed by atoms with Gasteiger partial charge in [0, 0.05) is 20.3 Å². The lowest BCUT2D eigenvalue weighted by Gasteiger charge is -2.35. The van der Waals surface area contributed by atoms with Gasteiger partial charge in [0.1, 0.15) is 5.76 Å². The van der Waals surface area contributed by atoms with E-state index in [4.69, 9.17) is 9.15 Å². The molecule has 0 fully saturated rings. The Labute approximate surface area is 172 Å². The summed E-state index contributed by atoms with van der Waals surface area (Å²) >= 11 is 0. The summed E-state index contributed by atoms with van der Waals surface area (Å²) in [5.41, 5.74) is 0.520. The molecule has 29 heavy (non-hydrogen) atoms. The second-order valence-corrected chi connectivity index (χ2v) is 7.28. The number of benzene rings is 1. The fraction of sp³-hybridized carbons (Fsp3) is 0.417. The van der Waals surface area contributed by atoms with Crippen molar-refractivity contribution in [2.24, 2.45) is 0 Å². The third kappa shape index (κ3) is 6.83. The van der Waals surface area contributed by atoms with Gasteiger partial charge >= 0.3 is 5.97 Å². The molecule has 1 N–H and O–H groups in total. The monoisotopic (exact) mass is 395 g/mol. The number of nitrogens with one attached hydrogen (secondary N) is 1. The van der Waals surface area contributed by atoms with Gasteiger partial charge in [-0.15, -0.1) is 0 Å². The van der Waals surface area contributed by atoms with E-state index in [0.29, 0.717) is 17.9 Å². The summed E-state index contributed by atoms with van der Waals surface area (Å²) in [6.07, 6.45) is 2.54.